The second-order valence-corrected chi connectivity index (χ2v) is 8.14. The van der Waals surface area contributed by atoms with Crippen molar-refractivity contribution in [2.45, 2.75) is 53.1 Å². The van der Waals surface area contributed by atoms with Crippen LogP contribution in [0.3, 0.4) is 0 Å². The maximum atomic E-state index is 6.52. The Hall–Kier alpha value is -2.05. The summed E-state index contributed by atoms with van der Waals surface area (Å²) in [7, 11) is 3.80. The van der Waals surface area contributed by atoms with Crippen molar-refractivity contribution in [3.63, 3.8) is 0 Å². The molecule has 0 saturated carbocycles. The third-order valence-electron chi connectivity index (χ3n) is 5.76. The van der Waals surface area contributed by atoms with Gasteiger partial charge < -0.3 is 10.6 Å². The number of nitrogens with one attached hydrogen (secondary N) is 2. The zero-order valence-electron chi connectivity index (χ0n) is 19.5. The summed E-state index contributed by atoms with van der Waals surface area (Å²) in [6.07, 6.45) is 0.899. The number of hydrogen-bond donors (Lipinski definition) is 2. The van der Waals surface area contributed by atoms with Gasteiger partial charge in [-0.2, -0.15) is 5.10 Å². The van der Waals surface area contributed by atoms with Crippen LogP contribution in [0.5, 0.6) is 0 Å². The molecule has 0 aliphatic rings. The highest BCUT2D eigenvalue weighted by Crippen LogP contribution is 2.27. The Morgan fingerprint density at radius 2 is 1.90 bits per heavy atom. The van der Waals surface area contributed by atoms with Crippen LogP contribution in [0, 0.1) is 13.8 Å². The van der Waals surface area contributed by atoms with E-state index < -0.39 is 0 Å². The first kappa shape index (κ1) is 24.2. The molecule has 0 bridgehead atoms. The van der Waals surface area contributed by atoms with E-state index in [9.17, 15) is 0 Å². The molecule has 30 heavy (non-hydrogen) atoms. The Kier molecular flexibility index (Phi) is 9.18. The fraction of sp³-hybridized carbons (Fsp3) is 0.565. The number of aryl methyl sites for hydroxylation is 2. The van der Waals surface area contributed by atoms with Gasteiger partial charge in [-0.15, -0.1) is 0 Å². The fourth-order valence-electron chi connectivity index (χ4n) is 3.94. The minimum absolute atomic E-state index is 0.172. The number of likely N-dealkylation sites (N-methyl/N-ethyl adjacent to an activating group) is 1. The summed E-state index contributed by atoms with van der Waals surface area (Å²) in [6.45, 7) is 13.4. The summed E-state index contributed by atoms with van der Waals surface area (Å²) in [4.78, 5) is 6.85. The Bertz CT molecular complexity index is 840. The summed E-state index contributed by atoms with van der Waals surface area (Å²) in [5, 5.41) is 12.4. The van der Waals surface area contributed by atoms with Gasteiger partial charge in [0.2, 0.25) is 0 Å². The predicted molar refractivity (Wildman–Crippen MR) is 127 cm³/mol. The molecule has 0 aliphatic heterocycles. The third kappa shape index (κ3) is 5.99. The Morgan fingerprint density at radius 1 is 1.23 bits per heavy atom. The molecule has 0 aliphatic carbocycles. The molecule has 1 aromatic carbocycles. The fourth-order valence-corrected chi connectivity index (χ4v) is 4.20. The van der Waals surface area contributed by atoms with Crippen molar-refractivity contribution < 1.29 is 0 Å². The smallest absolute Gasteiger partial charge is 0.191 e. The maximum absolute atomic E-state index is 6.52. The second kappa shape index (κ2) is 11.4. The standard InChI is InChI=1S/C23H37ClN6/c1-8-30(9-2)22(19-12-10-11-13-21(19)24)15-26-23(25-6)27-16(3)14-20-17(4)28-29(7)18(20)5/h10-13,16,22H,8-9,14-15H2,1-7H3,(H2,25,26,27). The van der Waals surface area contributed by atoms with Gasteiger partial charge in [-0.25, -0.2) is 0 Å². The van der Waals surface area contributed by atoms with E-state index in [1.165, 1.54) is 11.3 Å². The average molecular weight is 433 g/mol. The van der Waals surface area contributed by atoms with Crippen molar-refractivity contribution in [1.29, 1.82) is 0 Å². The Balaban J connectivity index is 2.07. The number of guanidine groups is 1. The molecule has 2 unspecified atom stereocenters. The highest BCUT2D eigenvalue weighted by molar-refractivity contribution is 6.31. The summed E-state index contributed by atoms with van der Waals surface area (Å²) >= 11 is 6.52. The predicted octanol–water partition coefficient (Wildman–Crippen LogP) is 3.87. The van der Waals surface area contributed by atoms with Crippen molar-refractivity contribution in [2.24, 2.45) is 12.0 Å². The zero-order chi connectivity index (χ0) is 22.3. The van der Waals surface area contributed by atoms with Crippen LogP contribution in [-0.4, -0.2) is 53.4 Å². The SMILES string of the molecule is CCN(CC)C(CNC(=NC)NC(C)Cc1c(C)nn(C)c1C)c1ccccc1Cl. The first-order valence-electron chi connectivity index (χ1n) is 10.8. The van der Waals surface area contributed by atoms with Crippen molar-refractivity contribution in [2.75, 3.05) is 26.7 Å². The molecule has 2 rings (SSSR count). The topological polar surface area (TPSA) is 57.5 Å². The molecule has 2 N–H and O–H groups in total. The lowest BCUT2D eigenvalue weighted by atomic mass is 10.0. The van der Waals surface area contributed by atoms with Gasteiger partial charge in [0.1, 0.15) is 0 Å². The maximum Gasteiger partial charge on any atom is 0.191 e. The molecule has 0 spiro atoms. The van der Waals surface area contributed by atoms with Crippen molar-refractivity contribution in [3.05, 3.63) is 51.8 Å². The third-order valence-corrected chi connectivity index (χ3v) is 6.10. The van der Waals surface area contributed by atoms with Crippen molar-refractivity contribution in [1.82, 2.24) is 25.3 Å². The van der Waals surface area contributed by atoms with Gasteiger partial charge in [-0.1, -0.05) is 43.6 Å². The summed E-state index contributed by atoms with van der Waals surface area (Å²) in [6, 6.07) is 8.49. The average Bonchev–Trinajstić information content (AvgIpc) is 2.96. The van der Waals surface area contributed by atoms with Crippen molar-refractivity contribution >= 4 is 17.6 Å². The van der Waals surface area contributed by atoms with Crippen LogP contribution in [0.25, 0.3) is 0 Å². The van der Waals surface area contributed by atoms with E-state index in [-0.39, 0.29) is 12.1 Å². The first-order chi connectivity index (χ1) is 14.3. The molecule has 0 saturated heterocycles. The summed E-state index contributed by atoms with van der Waals surface area (Å²) in [5.74, 6) is 0.797. The molecule has 2 atom stereocenters. The van der Waals surface area contributed by atoms with Gasteiger partial charge >= 0.3 is 0 Å². The van der Waals surface area contributed by atoms with E-state index in [0.717, 1.165) is 48.3 Å². The summed E-state index contributed by atoms with van der Waals surface area (Å²) < 4.78 is 1.95. The highest BCUT2D eigenvalue weighted by atomic mass is 35.5. The van der Waals surface area contributed by atoms with E-state index in [2.05, 4.69) is 66.3 Å². The lowest BCUT2D eigenvalue weighted by molar-refractivity contribution is 0.219. The number of hydrogen-bond acceptors (Lipinski definition) is 3. The molecule has 7 heteroatoms. The van der Waals surface area contributed by atoms with E-state index in [4.69, 9.17) is 11.6 Å². The number of aromatic nitrogens is 2. The van der Waals surface area contributed by atoms with Gasteiger partial charge in [-0.3, -0.25) is 14.6 Å². The molecule has 6 nitrogen and oxygen atoms in total. The van der Waals surface area contributed by atoms with E-state index in [1.54, 1.807) is 0 Å². The van der Waals surface area contributed by atoms with Gasteiger partial charge in [0.25, 0.3) is 0 Å². The molecule has 0 radical (unpaired) electrons. The number of halogens is 1. The molecule has 0 amide bonds. The quantitative estimate of drug-likeness (QED) is 0.466. The first-order valence-corrected chi connectivity index (χ1v) is 11.1. The number of nitrogens with zero attached hydrogens (tertiary/aromatic N) is 4. The molecular weight excluding hydrogens is 396 g/mol. The molecule has 2 aromatic rings. The second-order valence-electron chi connectivity index (χ2n) is 7.73. The van der Waals surface area contributed by atoms with Gasteiger partial charge in [0.05, 0.1) is 11.7 Å². The van der Waals surface area contributed by atoms with Gasteiger partial charge in [0, 0.05) is 37.4 Å². The molecular formula is C23H37ClN6. The lowest BCUT2D eigenvalue weighted by Gasteiger charge is -2.31. The number of rotatable bonds is 9. The van der Waals surface area contributed by atoms with Gasteiger partial charge in [-0.05, 0) is 57.5 Å². The monoisotopic (exact) mass is 432 g/mol. The zero-order valence-corrected chi connectivity index (χ0v) is 20.2. The lowest BCUT2D eigenvalue weighted by Crippen LogP contribution is -2.46. The minimum atomic E-state index is 0.172. The van der Waals surface area contributed by atoms with Gasteiger partial charge in [0.15, 0.2) is 5.96 Å². The van der Waals surface area contributed by atoms with E-state index in [1.807, 2.05) is 37.0 Å². The van der Waals surface area contributed by atoms with Crippen LogP contribution in [0.1, 0.15) is 49.3 Å². The van der Waals surface area contributed by atoms with Crippen molar-refractivity contribution in [3.8, 4) is 0 Å². The molecule has 1 heterocycles. The van der Waals surface area contributed by atoms with Crippen LogP contribution < -0.4 is 10.6 Å². The Labute approximate surface area is 186 Å². The molecule has 0 fully saturated rings. The number of benzene rings is 1. The minimum Gasteiger partial charge on any atom is -0.354 e. The Morgan fingerprint density at radius 3 is 2.43 bits per heavy atom. The van der Waals surface area contributed by atoms with E-state index in [0.29, 0.717) is 0 Å². The number of aliphatic imine (C=N–C) groups is 1. The van der Waals surface area contributed by atoms with Crippen LogP contribution in [0.15, 0.2) is 29.3 Å². The molecule has 1 aromatic heterocycles. The van der Waals surface area contributed by atoms with Crippen LogP contribution >= 0.6 is 11.6 Å². The normalized spacial score (nSPS) is 14.1. The largest absolute Gasteiger partial charge is 0.354 e. The summed E-state index contributed by atoms with van der Waals surface area (Å²) in [5.41, 5.74) is 4.74. The van der Waals surface area contributed by atoms with Crippen LogP contribution in [0.2, 0.25) is 5.02 Å². The van der Waals surface area contributed by atoms with E-state index >= 15 is 0 Å². The van der Waals surface area contributed by atoms with Crippen LogP contribution in [-0.2, 0) is 13.5 Å². The molecule has 166 valence electrons. The highest BCUT2D eigenvalue weighted by Gasteiger charge is 2.21. The van der Waals surface area contributed by atoms with Crippen LogP contribution in [0.4, 0.5) is 0 Å².